The Labute approximate surface area is 103 Å². The fourth-order valence-electron chi connectivity index (χ4n) is 2.09. The first-order valence-corrected chi connectivity index (χ1v) is 6.46. The molecule has 0 radical (unpaired) electrons. The number of aryl methyl sites for hydroxylation is 1. The first-order valence-electron chi connectivity index (χ1n) is 6.46. The van der Waals surface area contributed by atoms with E-state index in [1.165, 1.54) is 0 Å². The van der Waals surface area contributed by atoms with Crippen molar-refractivity contribution in [2.45, 2.75) is 60.2 Å². The summed E-state index contributed by atoms with van der Waals surface area (Å²) in [7, 11) is 0. The maximum absolute atomic E-state index is 11.8. The normalized spacial score (nSPS) is 18.1. The second-order valence-electron chi connectivity index (χ2n) is 4.15. The molecule has 1 aliphatic rings. The second-order valence-corrected chi connectivity index (χ2v) is 4.15. The zero-order valence-electron chi connectivity index (χ0n) is 11.5. The molecule has 1 N–H and O–H groups in total. The number of fused-ring (bicyclic) bond motifs is 1. The minimum absolute atomic E-state index is 0.199. The van der Waals surface area contributed by atoms with Crippen molar-refractivity contribution in [1.82, 2.24) is 15.1 Å². The fourth-order valence-corrected chi connectivity index (χ4v) is 2.09. The third-order valence-corrected chi connectivity index (χ3v) is 2.90. The maximum atomic E-state index is 11.8. The van der Waals surface area contributed by atoms with Crippen molar-refractivity contribution in [2.24, 2.45) is 0 Å². The van der Waals surface area contributed by atoms with Crippen molar-refractivity contribution < 1.29 is 4.79 Å². The largest absolute Gasteiger partial charge is 0.307 e. The van der Waals surface area contributed by atoms with Gasteiger partial charge in [0.05, 0.1) is 23.5 Å². The van der Waals surface area contributed by atoms with Gasteiger partial charge in [0.15, 0.2) is 5.78 Å². The van der Waals surface area contributed by atoms with Crippen LogP contribution in [0.15, 0.2) is 0 Å². The molecule has 0 saturated heterocycles. The molecule has 0 spiro atoms. The zero-order chi connectivity index (χ0) is 13.0. The molecule has 0 aromatic carbocycles. The maximum Gasteiger partial charge on any atom is 0.166 e. The Morgan fingerprint density at radius 2 is 2.18 bits per heavy atom. The average Bonchev–Trinajstić information content (AvgIpc) is 2.66. The molecule has 4 heteroatoms. The monoisotopic (exact) mass is 237 g/mol. The number of Topliss-reactive ketones (excluding diaryl/α,β-unsaturated/α-hetero) is 1. The number of aromatic nitrogens is 2. The quantitative estimate of drug-likeness (QED) is 0.803. The predicted molar refractivity (Wildman–Crippen MR) is 69.2 cm³/mol. The minimum atomic E-state index is 0.199. The van der Waals surface area contributed by atoms with Crippen LogP contribution in [-0.4, -0.2) is 21.6 Å². The molecule has 0 fully saturated rings. The summed E-state index contributed by atoms with van der Waals surface area (Å²) >= 11 is 0. The standard InChI is InChI=1S/C11H17N3O.C2H6/c1-4-10(15)11-8(3)13-14-6-7(2)12-5-9(11)14;1-2/h7,12H,4-6H2,1-3H3;1-2H3. The van der Waals surface area contributed by atoms with Crippen molar-refractivity contribution in [3.63, 3.8) is 0 Å². The molecule has 1 atom stereocenters. The molecule has 17 heavy (non-hydrogen) atoms. The van der Waals surface area contributed by atoms with Crippen LogP contribution in [0.5, 0.6) is 0 Å². The number of rotatable bonds is 2. The van der Waals surface area contributed by atoms with Crippen molar-refractivity contribution in [3.05, 3.63) is 17.0 Å². The van der Waals surface area contributed by atoms with E-state index >= 15 is 0 Å². The number of ketones is 1. The van der Waals surface area contributed by atoms with E-state index in [9.17, 15) is 4.79 Å². The average molecular weight is 237 g/mol. The summed E-state index contributed by atoms with van der Waals surface area (Å²) in [5.41, 5.74) is 2.75. The van der Waals surface area contributed by atoms with E-state index in [2.05, 4.69) is 17.3 Å². The van der Waals surface area contributed by atoms with E-state index in [1.807, 2.05) is 32.4 Å². The van der Waals surface area contributed by atoms with Crippen LogP contribution < -0.4 is 5.32 Å². The first kappa shape index (κ1) is 13.9. The highest BCUT2D eigenvalue weighted by Gasteiger charge is 2.23. The topological polar surface area (TPSA) is 46.9 Å². The van der Waals surface area contributed by atoms with Gasteiger partial charge in [-0.2, -0.15) is 5.10 Å². The molecule has 1 aromatic rings. The molecule has 1 aliphatic heterocycles. The van der Waals surface area contributed by atoms with Gasteiger partial charge in [-0.05, 0) is 13.8 Å². The molecule has 1 unspecified atom stereocenters. The van der Waals surface area contributed by atoms with Gasteiger partial charge in [0.25, 0.3) is 0 Å². The molecule has 96 valence electrons. The van der Waals surface area contributed by atoms with Crippen molar-refractivity contribution in [2.75, 3.05) is 0 Å². The summed E-state index contributed by atoms with van der Waals surface area (Å²) in [5.74, 6) is 0.199. The third kappa shape index (κ3) is 2.75. The fraction of sp³-hybridized carbons (Fsp3) is 0.692. The Morgan fingerprint density at radius 3 is 2.76 bits per heavy atom. The lowest BCUT2D eigenvalue weighted by molar-refractivity contribution is 0.0986. The number of carbonyl (C=O) groups excluding carboxylic acids is 1. The minimum Gasteiger partial charge on any atom is -0.307 e. The lowest BCUT2D eigenvalue weighted by atomic mass is 10.1. The van der Waals surface area contributed by atoms with E-state index in [0.717, 1.165) is 30.0 Å². The van der Waals surface area contributed by atoms with E-state index in [1.54, 1.807) is 0 Å². The highest BCUT2D eigenvalue weighted by atomic mass is 16.1. The molecule has 0 saturated carbocycles. The summed E-state index contributed by atoms with van der Waals surface area (Å²) in [6.45, 7) is 11.5. The van der Waals surface area contributed by atoms with E-state index in [-0.39, 0.29) is 5.78 Å². The molecule has 0 bridgehead atoms. The van der Waals surface area contributed by atoms with Crippen molar-refractivity contribution >= 4 is 5.78 Å². The van der Waals surface area contributed by atoms with Gasteiger partial charge in [-0.1, -0.05) is 20.8 Å². The van der Waals surface area contributed by atoms with Crippen molar-refractivity contribution in [1.29, 1.82) is 0 Å². The van der Waals surface area contributed by atoms with Gasteiger partial charge >= 0.3 is 0 Å². The van der Waals surface area contributed by atoms with Crippen LogP contribution in [0.3, 0.4) is 0 Å². The summed E-state index contributed by atoms with van der Waals surface area (Å²) < 4.78 is 1.97. The lowest BCUT2D eigenvalue weighted by Gasteiger charge is -2.22. The van der Waals surface area contributed by atoms with Crippen molar-refractivity contribution in [3.8, 4) is 0 Å². The number of hydrogen-bond acceptors (Lipinski definition) is 3. The van der Waals surface area contributed by atoms with Gasteiger partial charge in [-0.3, -0.25) is 9.48 Å². The Balaban J connectivity index is 0.000000686. The Hall–Kier alpha value is -1.16. The highest BCUT2D eigenvalue weighted by molar-refractivity contribution is 5.98. The molecular weight excluding hydrogens is 214 g/mol. The molecule has 2 rings (SSSR count). The number of hydrogen-bond donors (Lipinski definition) is 1. The van der Waals surface area contributed by atoms with Crippen LogP contribution in [0.25, 0.3) is 0 Å². The molecule has 4 nitrogen and oxygen atoms in total. The number of nitrogens with one attached hydrogen (secondary N) is 1. The van der Waals surface area contributed by atoms with Crippen LogP contribution in [-0.2, 0) is 13.1 Å². The second kappa shape index (κ2) is 5.96. The van der Waals surface area contributed by atoms with Gasteiger partial charge in [-0.15, -0.1) is 0 Å². The lowest BCUT2D eigenvalue weighted by Crippen LogP contribution is -2.37. The van der Waals surface area contributed by atoms with Crippen LogP contribution in [0.4, 0.5) is 0 Å². The zero-order valence-corrected chi connectivity index (χ0v) is 11.5. The smallest absolute Gasteiger partial charge is 0.166 e. The van der Waals surface area contributed by atoms with Gasteiger partial charge in [0.2, 0.25) is 0 Å². The van der Waals surface area contributed by atoms with E-state index in [4.69, 9.17) is 0 Å². The number of carbonyl (C=O) groups is 1. The molecule has 0 aliphatic carbocycles. The van der Waals surface area contributed by atoms with Gasteiger partial charge in [0, 0.05) is 19.0 Å². The third-order valence-electron chi connectivity index (χ3n) is 2.90. The van der Waals surface area contributed by atoms with E-state index < -0.39 is 0 Å². The van der Waals surface area contributed by atoms with Gasteiger partial charge in [-0.25, -0.2) is 0 Å². The summed E-state index contributed by atoms with van der Waals surface area (Å²) in [6.07, 6.45) is 0.551. The molecule has 0 amide bonds. The van der Waals surface area contributed by atoms with Crippen LogP contribution >= 0.6 is 0 Å². The van der Waals surface area contributed by atoms with Crippen LogP contribution in [0, 0.1) is 6.92 Å². The Bertz CT molecular complexity index is 396. The van der Waals surface area contributed by atoms with Gasteiger partial charge in [0.1, 0.15) is 0 Å². The molecular formula is C13H23N3O. The summed E-state index contributed by atoms with van der Waals surface area (Å²) in [6, 6.07) is 0.432. The SMILES string of the molecule is CC.CCC(=O)c1c(C)nn2c1CNC(C)C2. The first-order chi connectivity index (χ1) is 8.13. The molecule has 2 heterocycles. The molecule has 1 aromatic heterocycles. The predicted octanol–water partition coefficient (Wildman–Crippen LogP) is 2.30. The summed E-state index contributed by atoms with van der Waals surface area (Å²) in [5, 5.41) is 7.78. The van der Waals surface area contributed by atoms with Gasteiger partial charge < -0.3 is 5.32 Å². The number of nitrogens with zero attached hydrogens (tertiary/aromatic N) is 2. The Morgan fingerprint density at radius 1 is 1.53 bits per heavy atom. The highest BCUT2D eigenvalue weighted by Crippen LogP contribution is 2.19. The summed E-state index contributed by atoms with van der Waals surface area (Å²) in [4.78, 5) is 11.8. The van der Waals surface area contributed by atoms with E-state index in [0.29, 0.717) is 12.5 Å². The van der Waals surface area contributed by atoms with Crippen LogP contribution in [0.1, 0.15) is 55.9 Å². The van der Waals surface area contributed by atoms with Crippen LogP contribution in [0.2, 0.25) is 0 Å². The Kier molecular flexibility index (Phi) is 4.87.